The van der Waals surface area contributed by atoms with Crippen LogP contribution in [0.2, 0.25) is 0 Å². The van der Waals surface area contributed by atoms with Crippen LogP contribution in [0.4, 0.5) is 10.1 Å². The summed E-state index contributed by atoms with van der Waals surface area (Å²) in [5, 5.41) is 10.5. The second-order valence-corrected chi connectivity index (χ2v) is 2.96. The van der Waals surface area contributed by atoms with Gasteiger partial charge < -0.3 is 5.32 Å². The maximum absolute atomic E-state index is 12.7. The number of halogens is 1. The van der Waals surface area contributed by atoms with E-state index in [1.54, 1.807) is 23.1 Å². The molecule has 15 heavy (non-hydrogen) atoms. The zero-order valence-corrected chi connectivity index (χ0v) is 7.97. The highest BCUT2D eigenvalue weighted by Crippen LogP contribution is 2.05. The van der Waals surface area contributed by atoms with Gasteiger partial charge in [0.2, 0.25) is 5.95 Å². The average molecular weight is 207 g/mol. The fourth-order valence-corrected chi connectivity index (χ4v) is 1.18. The molecule has 1 N–H and O–H groups in total. The van der Waals surface area contributed by atoms with E-state index >= 15 is 0 Å². The lowest BCUT2D eigenvalue weighted by Gasteiger charge is -2.05. The average Bonchev–Trinajstić information content (AvgIpc) is 2.71. The zero-order chi connectivity index (χ0) is 10.5. The summed E-state index contributed by atoms with van der Waals surface area (Å²) >= 11 is 0. The molecular formula is C9H10FN5. The van der Waals surface area contributed by atoms with Crippen LogP contribution in [-0.4, -0.2) is 26.5 Å². The van der Waals surface area contributed by atoms with Gasteiger partial charge in [0.05, 0.1) is 12.7 Å². The Morgan fingerprint density at radius 2 is 2.33 bits per heavy atom. The summed E-state index contributed by atoms with van der Waals surface area (Å²) in [6, 6.07) is 3.06. The Bertz CT molecular complexity index is 414. The van der Waals surface area contributed by atoms with Crippen molar-refractivity contribution in [2.24, 2.45) is 0 Å². The molecule has 2 rings (SSSR count). The Kier molecular flexibility index (Phi) is 2.87. The normalized spacial score (nSPS) is 10.2. The lowest BCUT2D eigenvalue weighted by Crippen LogP contribution is -2.11. The number of rotatable bonds is 4. The van der Waals surface area contributed by atoms with Crippen molar-refractivity contribution in [3.05, 3.63) is 36.7 Å². The highest BCUT2D eigenvalue weighted by molar-refractivity contribution is 5.40. The SMILES string of the molecule is Fc1cc(NCCn2ccnn2)ccn1. The molecule has 0 unspecified atom stereocenters. The fraction of sp³-hybridized carbons (Fsp3) is 0.222. The first-order chi connectivity index (χ1) is 7.34. The maximum Gasteiger partial charge on any atom is 0.214 e. The lowest BCUT2D eigenvalue weighted by atomic mass is 10.4. The minimum Gasteiger partial charge on any atom is -0.383 e. The molecule has 5 nitrogen and oxygen atoms in total. The van der Waals surface area contributed by atoms with Crippen LogP contribution in [0, 0.1) is 5.95 Å². The smallest absolute Gasteiger partial charge is 0.214 e. The number of pyridine rings is 1. The summed E-state index contributed by atoms with van der Waals surface area (Å²) in [6.07, 6.45) is 4.81. The van der Waals surface area contributed by atoms with E-state index < -0.39 is 5.95 Å². The Balaban J connectivity index is 1.83. The third-order valence-electron chi connectivity index (χ3n) is 1.87. The third-order valence-corrected chi connectivity index (χ3v) is 1.87. The molecule has 0 aliphatic carbocycles. The molecule has 0 bridgehead atoms. The topological polar surface area (TPSA) is 55.6 Å². The van der Waals surface area contributed by atoms with Gasteiger partial charge in [-0.2, -0.15) is 4.39 Å². The van der Waals surface area contributed by atoms with E-state index in [4.69, 9.17) is 0 Å². The van der Waals surface area contributed by atoms with E-state index in [0.717, 1.165) is 0 Å². The molecule has 0 radical (unpaired) electrons. The predicted octanol–water partition coefficient (Wildman–Crippen LogP) is 0.924. The summed E-state index contributed by atoms with van der Waals surface area (Å²) in [5.41, 5.74) is 0.711. The number of hydrogen-bond acceptors (Lipinski definition) is 4. The number of hydrogen-bond donors (Lipinski definition) is 1. The minimum absolute atomic E-state index is 0.485. The monoisotopic (exact) mass is 207 g/mol. The molecule has 0 aromatic carbocycles. The van der Waals surface area contributed by atoms with Gasteiger partial charge in [-0.25, -0.2) is 4.98 Å². The molecule has 2 aromatic heterocycles. The molecule has 2 aromatic rings. The van der Waals surface area contributed by atoms with Crippen LogP contribution in [0.15, 0.2) is 30.7 Å². The van der Waals surface area contributed by atoms with Crippen molar-refractivity contribution >= 4 is 5.69 Å². The Hall–Kier alpha value is -1.98. The third kappa shape index (κ3) is 2.73. The Labute approximate surface area is 85.9 Å². The van der Waals surface area contributed by atoms with Crippen molar-refractivity contribution in [1.82, 2.24) is 20.0 Å². The number of nitrogens with zero attached hydrogens (tertiary/aromatic N) is 4. The van der Waals surface area contributed by atoms with E-state index in [0.29, 0.717) is 18.8 Å². The largest absolute Gasteiger partial charge is 0.383 e. The summed E-state index contributed by atoms with van der Waals surface area (Å²) in [5.74, 6) is -0.485. The van der Waals surface area contributed by atoms with Gasteiger partial charge in [0.15, 0.2) is 0 Å². The van der Waals surface area contributed by atoms with Gasteiger partial charge in [-0.05, 0) is 6.07 Å². The van der Waals surface area contributed by atoms with Gasteiger partial charge in [0.25, 0.3) is 0 Å². The first-order valence-corrected chi connectivity index (χ1v) is 4.54. The molecule has 78 valence electrons. The molecule has 0 aliphatic rings. The van der Waals surface area contributed by atoms with Crippen LogP contribution < -0.4 is 5.32 Å². The van der Waals surface area contributed by atoms with Gasteiger partial charge in [0, 0.05) is 30.7 Å². The molecule has 0 atom stereocenters. The number of anilines is 1. The summed E-state index contributed by atoms with van der Waals surface area (Å²) in [4.78, 5) is 3.46. The molecule has 0 fully saturated rings. The molecular weight excluding hydrogens is 197 g/mol. The molecule has 0 aliphatic heterocycles. The van der Waals surface area contributed by atoms with Crippen LogP contribution in [0.5, 0.6) is 0 Å². The van der Waals surface area contributed by atoms with Gasteiger partial charge in [-0.1, -0.05) is 5.21 Å². The molecule has 0 amide bonds. The molecule has 2 heterocycles. The van der Waals surface area contributed by atoms with E-state index in [1.807, 2.05) is 0 Å². The van der Waals surface area contributed by atoms with Gasteiger partial charge in [-0.15, -0.1) is 5.10 Å². The lowest BCUT2D eigenvalue weighted by molar-refractivity contribution is 0.583. The Morgan fingerprint density at radius 3 is 3.07 bits per heavy atom. The van der Waals surface area contributed by atoms with Gasteiger partial charge >= 0.3 is 0 Å². The maximum atomic E-state index is 12.7. The molecule has 6 heteroatoms. The van der Waals surface area contributed by atoms with Crippen molar-refractivity contribution in [2.45, 2.75) is 6.54 Å². The summed E-state index contributed by atoms with van der Waals surface area (Å²) in [7, 11) is 0. The molecule has 0 saturated carbocycles. The second-order valence-electron chi connectivity index (χ2n) is 2.96. The van der Waals surface area contributed by atoms with Crippen LogP contribution in [0.3, 0.4) is 0 Å². The summed E-state index contributed by atoms with van der Waals surface area (Å²) in [6.45, 7) is 1.34. The Morgan fingerprint density at radius 1 is 1.40 bits per heavy atom. The van der Waals surface area contributed by atoms with Crippen LogP contribution in [0.1, 0.15) is 0 Å². The molecule has 0 saturated heterocycles. The van der Waals surface area contributed by atoms with Crippen molar-refractivity contribution in [2.75, 3.05) is 11.9 Å². The predicted molar refractivity (Wildman–Crippen MR) is 52.7 cm³/mol. The quantitative estimate of drug-likeness (QED) is 0.757. The number of nitrogens with one attached hydrogen (secondary N) is 1. The van der Waals surface area contributed by atoms with Gasteiger partial charge in [-0.3, -0.25) is 4.68 Å². The molecule has 0 spiro atoms. The highest BCUT2D eigenvalue weighted by Gasteiger charge is 1.95. The second kappa shape index (κ2) is 4.50. The number of aromatic nitrogens is 4. The standard InChI is InChI=1S/C9H10FN5/c10-9-7-8(1-2-12-9)11-3-5-15-6-4-13-14-15/h1-2,4,6-7H,3,5H2,(H,11,12). The van der Waals surface area contributed by atoms with Gasteiger partial charge in [0.1, 0.15) is 0 Å². The van der Waals surface area contributed by atoms with E-state index in [9.17, 15) is 4.39 Å². The summed E-state index contributed by atoms with van der Waals surface area (Å²) < 4.78 is 14.4. The van der Waals surface area contributed by atoms with Crippen LogP contribution in [0.25, 0.3) is 0 Å². The van der Waals surface area contributed by atoms with Crippen LogP contribution >= 0.6 is 0 Å². The van der Waals surface area contributed by atoms with E-state index in [1.165, 1.54) is 12.3 Å². The van der Waals surface area contributed by atoms with E-state index in [-0.39, 0.29) is 0 Å². The van der Waals surface area contributed by atoms with Crippen molar-refractivity contribution in [3.8, 4) is 0 Å². The highest BCUT2D eigenvalue weighted by atomic mass is 19.1. The fourth-order valence-electron chi connectivity index (χ4n) is 1.18. The van der Waals surface area contributed by atoms with Crippen molar-refractivity contribution in [1.29, 1.82) is 0 Å². The first-order valence-electron chi connectivity index (χ1n) is 4.54. The van der Waals surface area contributed by atoms with E-state index in [2.05, 4.69) is 20.6 Å². The van der Waals surface area contributed by atoms with Crippen molar-refractivity contribution in [3.63, 3.8) is 0 Å². The van der Waals surface area contributed by atoms with Crippen LogP contribution in [-0.2, 0) is 6.54 Å². The zero-order valence-electron chi connectivity index (χ0n) is 7.97. The van der Waals surface area contributed by atoms with Crippen molar-refractivity contribution < 1.29 is 4.39 Å². The minimum atomic E-state index is -0.485. The first kappa shape index (κ1) is 9.57.